The number of β-amino-alcohol motifs (C(OH)–C–C–N with tert-alkyl or cyclic N) is 1. The SMILES string of the molecule is COc1cccc(-c2ccccc2C(C)OC[C@H](O)CNC(C)(C)Cc2ccc3ccccc3c2)c1. The van der Waals surface area contributed by atoms with Crippen molar-refractivity contribution >= 4 is 10.8 Å². The van der Waals surface area contributed by atoms with Crippen molar-refractivity contribution in [2.45, 2.75) is 44.9 Å². The zero-order chi connectivity index (χ0) is 25.5. The van der Waals surface area contributed by atoms with Gasteiger partial charge in [0.15, 0.2) is 0 Å². The van der Waals surface area contributed by atoms with Gasteiger partial charge < -0.3 is 19.9 Å². The van der Waals surface area contributed by atoms with Crippen LogP contribution >= 0.6 is 0 Å². The lowest BCUT2D eigenvalue weighted by molar-refractivity contribution is -0.00397. The minimum Gasteiger partial charge on any atom is -0.497 e. The molecule has 0 bridgehead atoms. The summed E-state index contributed by atoms with van der Waals surface area (Å²) in [7, 11) is 1.68. The molecule has 4 aromatic rings. The van der Waals surface area contributed by atoms with E-state index in [9.17, 15) is 5.11 Å². The molecule has 1 unspecified atom stereocenters. The van der Waals surface area contributed by atoms with E-state index in [1.807, 2.05) is 37.3 Å². The molecule has 0 amide bonds. The van der Waals surface area contributed by atoms with Gasteiger partial charge in [0.25, 0.3) is 0 Å². The van der Waals surface area contributed by atoms with Crippen molar-refractivity contribution in [3.8, 4) is 16.9 Å². The Labute approximate surface area is 214 Å². The second-order valence-electron chi connectivity index (χ2n) is 10.1. The van der Waals surface area contributed by atoms with Gasteiger partial charge in [0.05, 0.1) is 25.9 Å². The van der Waals surface area contributed by atoms with Crippen molar-refractivity contribution < 1.29 is 14.6 Å². The van der Waals surface area contributed by atoms with Crippen molar-refractivity contribution in [1.82, 2.24) is 5.32 Å². The van der Waals surface area contributed by atoms with Crippen LogP contribution in [0.2, 0.25) is 0 Å². The Kier molecular flexibility index (Phi) is 8.42. The van der Waals surface area contributed by atoms with E-state index in [0.29, 0.717) is 6.54 Å². The van der Waals surface area contributed by atoms with Crippen LogP contribution in [0.25, 0.3) is 21.9 Å². The van der Waals surface area contributed by atoms with Crippen LogP contribution in [0.5, 0.6) is 5.75 Å². The number of fused-ring (bicyclic) bond motifs is 1. The molecule has 4 nitrogen and oxygen atoms in total. The summed E-state index contributed by atoms with van der Waals surface area (Å²) in [4.78, 5) is 0. The predicted molar refractivity (Wildman–Crippen MR) is 149 cm³/mol. The molecular weight excluding hydrogens is 446 g/mol. The molecule has 0 saturated carbocycles. The summed E-state index contributed by atoms with van der Waals surface area (Å²) in [5.74, 6) is 0.823. The van der Waals surface area contributed by atoms with Crippen molar-refractivity contribution in [2.24, 2.45) is 0 Å². The Morgan fingerprint density at radius 3 is 2.42 bits per heavy atom. The first kappa shape index (κ1) is 25.9. The molecule has 0 heterocycles. The molecule has 0 aliphatic rings. The van der Waals surface area contributed by atoms with Gasteiger partial charge in [-0.1, -0.05) is 78.9 Å². The van der Waals surface area contributed by atoms with Crippen LogP contribution in [-0.2, 0) is 11.2 Å². The third kappa shape index (κ3) is 6.73. The molecule has 0 aromatic heterocycles. The lowest BCUT2D eigenvalue weighted by atomic mass is 9.93. The van der Waals surface area contributed by atoms with Crippen molar-refractivity contribution in [1.29, 1.82) is 0 Å². The maximum Gasteiger partial charge on any atom is 0.119 e. The van der Waals surface area contributed by atoms with E-state index in [1.54, 1.807) is 7.11 Å². The van der Waals surface area contributed by atoms with Gasteiger partial charge >= 0.3 is 0 Å². The molecule has 0 saturated heterocycles. The summed E-state index contributed by atoms with van der Waals surface area (Å²) in [5.41, 5.74) is 4.39. The molecule has 2 N–H and O–H groups in total. The van der Waals surface area contributed by atoms with E-state index >= 15 is 0 Å². The first-order valence-corrected chi connectivity index (χ1v) is 12.6. The van der Waals surface area contributed by atoms with Crippen LogP contribution in [0.15, 0.2) is 91.0 Å². The fourth-order valence-corrected chi connectivity index (χ4v) is 4.62. The van der Waals surface area contributed by atoms with Gasteiger partial charge in [-0.2, -0.15) is 0 Å². The summed E-state index contributed by atoms with van der Waals surface area (Å²) in [6.07, 6.45) is 0.107. The number of benzene rings is 4. The van der Waals surface area contributed by atoms with Crippen molar-refractivity contribution in [3.63, 3.8) is 0 Å². The van der Waals surface area contributed by atoms with Gasteiger partial charge in [-0.25, -0.2) is 0 Å². The number of nitrogens with one attached hydrogen (secondary N) is 1. The lowest BCUT2D eigenvalue weighted by Crippen LogP contribution is -2.46. The Morgan fingerprint density at radius 2 is 1.61 bits per heavy atom. The Hall–Kier alpha value is -3.18. The van der Waals surface area contributed by atoms with Gasteiger partial charge in [-0.15, -0.1) is 0 Å². The third-order valence-corrected chi connectivity index (χ3v) is 6.59. The van der Waals surface area contributed by atoms with Crippen LogP contribution in [0.1, 0.15) is 38.0 Å². The van der Waals surface area contributed by atoms with Gasteiger partial charge in [-0.05, 0) is 72.4 Å². The normalized spacial score (nSPS) is 13.5. The van der Waals surface area contributed by atoms with E-state index in [4.69, 9.17) is 9.47 Å². The zero-order valence-corrected chi connectivity index (χ0v) is 21.7. The fourth-order valence-electron chi connectivity index (χ4n) is 4.62. The molecule has 0 fully saturated rings. The number of aliphatic hydroxyl groups excluding tert-OH is 1. The molecule has 0 aliphatic heterocycles. The first-order valence-electron chi connectivity index (χ1n) is 12.6. The second-order valence-corrected chi connectivity index (χ2v) is 10.1. The monoisotopic (exact) mass is 483 g/mol. The largest absolute Gasteiger partial charge is 0.497 e. The maximum absolute atomic E-state index is 10.7. The summed E-state index contributed by atoms with van der Waals surface area (Å²) >= 11 is 0. The van der Waals surface area contributed by atoms with E-state index < -0.39 is 6.10 Å². The Balaban J connectivity index is 1.32. The molecule has 2 atom stereocenters. The van der Waals surface area contributed by atoms with Gasteiger partial charge in [0.1, 0.15) is 5.75 Å². The highest BCUT2D eigenvalue weighted by atomic mass is 16.5. The van der Waals surface area contributed by atoms with Gasteiger partial charge in [-0.3, -0.25) is 0 Å². The molecular formula is C32H37NO3. The average molecular weight is 484 g/mol. The zero-order valence-electron chi connectivity index (χ0n) is 21.7. The first-order chi connectivity index (χ1) is 17.3. The smallest absolute Gasteiger partial charge is 0.119 e. The molecule has 4 rings (SSSR count). The molecule has 0 aliphatic carbocycles. The van der Waals surface area contributed by atoms with Crippen LogP contribution in [0.3, 0.4) is 0 Å². The minimum absolute atomic E-state index is 0.159. The summed E-state index contributed by atoms with van der Waals surface area (Å²) in [6, 6.07) is 31.3. The van der Waals surface area contributed by atoms with Gasteiger partial charge in [0, 0.05) is 12.1 Å². The highest BCUT2D eigenvalue weighted by molar-refractivity contribution is 5.83. The highest BCUT2D eigenvalue weighted by Crippen LogP contribution is 2.32. The van der Waals surface area contributed by atoms with Crippen molar-refractivity contribution in [3.05, 3.63) is 102 Å². The second kappa shape index (κ2) is 11.7. The van der Waals surface area contributed by atoms with Crippen LogP contribution in [-0.4, -0.2) is 37.0 Å². The summed E-state index contributed by atoms with van der Waals surface area (Å²) in [6.45, 7) is 7.09. The standard InChI is InChI=1S/C32H37NO3/c1-23(30-14-7-8-15-31(30)27-12-9-13-29(19-27)35-4)36-22-28(34)21-33-32(2,3)20-24-16-17-25-10-5-6-11-26(25)18-24/h5-19,23,28,33-34H,20-22H2,1-4H3/t23?,28-/m1/s1. The molecule has 0 spiro atoms. The number of methoxy groups -OCH3 is 1. The van der Waals surface area contributed by atoms with E-state index in [-0.39, 0.29) is 18.2 Å². The third-order valence-electron chi connectivity index (χ3n) is 6.59. The minimum atomic E-state index is -0.604. The molecule has 4 heteroatoms. The van der Waals surface area contributed by atoms with Crippen LogP contribution in [0.4, 0.5) is 0 Å². The number of hydrogen-bond donors (Lipinski definition) is 2. The van der Waals surface area contributed by atoms with Crippen LogP contribution in [0, 0.1) is 0 Å². The molecule has 36 heavy (non-hydrogen) atoms. The maximum atomic E-state index is 10.7. The average Bonchev–Trinajstić information content (AvgIpc) is 2.90. The lowest BCUT2D eigenvalue weighted by Gasteiger charge is -2.28. The summed E-state index contributed by atoms with van der Waals surface area (Å²) in [5, 5.41) is 16.7. The van der Waals surface area contributed by atoms with Gasteiger partial charge in [0.2, 0.25) is 0 Å². The van der Waals surface area contributed by atoms with Crippen LogP contribution < -0.4 is 10.1 Å². The topological polar surface area (TPSA) is 50.7 Å². The van der Waals surface area contributed by atoms with E-state index in [0.717, 1.165) is 28.9 Å². The quantitative estimate of drug-likeness (QED) is 0.253. The Bertz CT molecular complexity index is 1280. The van der Waals surface area contributed by atoms with Crippen molar-refractivity contribution in [2.75, 3.05) is 20.3 Å². The molecule has 4 aromatic carbocycles. The molecule has 188 valence electrons. The highest BCUT2D eigenvalue weighted by Gasteiger charge is 2.20. The van der Waals surface area contributed by atoms with E-state index in [2.05, 4.69) is 79.8 Å². The number of rotatable bonds is 11. The van der Waals surface area contributed by atoms with E-state index in [1.165, 1.54) is 16.3 Å². The number of ether oxygens (including phenoxy) is 2. The number of hydrogen-bond acceptors (Lipinski definition) is 4. The fraction of sp³-hybridized carbons (Fsp3) is 0.312. The molecule has 0 radical (unpaired) electrons. The Morgan fingerprint density at radius 1 is 0.861 bits per heavy atom. The predicted octanol–water partition coefficient (Wildman–Crippen LogP) is 6.56. The summed E-state index contributed by atoms with van der Waals surface area (Å²) < 4.78 is 11.5. The number of aliphatic hydroxyl groups is 1.